The number of hydrogen-bond donors (Lipinski definition) is 1. The first-order valence-corrected chi connectivity index (χ1v) is 10.8. The lowest BCUT2D eigenvalue weighted by molar-refractivity contribution is 0.208. The number of anilines is 2. The quantitative estimate of drug-likeness (QED) is 0.572. The molecule has 1 aliphatic heterocycles. The van der Waals surface area contributed by atoms with Gasteiger partial charge >= 0.3 is 6.03 Å². The van der Waals surface area contributed by atoms with Gasteiger partial charge < -0.3 is 15.1 Å². The van der Waals surface area contributed by atoms with Gasteiger partial charge in [0.25, 0.3) is 0 Å². The second-order valence-corrected chi connectivity index (χ2v) is 8.37. The zero-order valence-corrected chi connectivity index (χ0v) is 18.9. The summed E-state index contributed by atoms with van der Waals surface area (Å²) in [5.74, 6) is 1.58. The maximum Gasteiger partial charge on any atom is 0.322 e. The number of nitrogens with one attached hydrogen (secondary N) is 1. The molecule has 0 aliphatic carbocycles. The van der Waals surface area contributed by atoms with E-state index in [1.165, 1.54) is 5.56 Å². The van der Waals surface area contributed by atoms with Crippen LogP contribution in [0, 0.1) is 13.8 Å². The van der Waals surface area contributed by atoms with Gasteiger partial charge in [-0.2, -0.15) is 0 Å². The van der Waals surface area contributed by atoms with Crippen LogP contribution in [0.1, 0.15) is 11.3 Å². The van der Waals surface area contributed by atoms with E-state index in [-0.39, 0.29) is 6.03 Å². The van der Waals surface area contributed by atoms with Gasteiger partial charge in [0.05, 0.1) is 15.7 Å². The molecule has 160 valence electrons. The van der Waals surface area contributed by atoms with Crippen molar-refractivity contribution in [2.75, 3.05) is 36.4 Å². The van der Waals surface area contributed by atoms with Crippen LogP contribution in [0.5, 0.6) is 0 Å². The summed E-state index contributed by atoms with van der Waals surface area (Å²) in [6.07, 6.45) is 0. The second-order valence-electron chi connectivity index (χ2n) is 7.56. The third-order valence-electron chi connectivity index (χ3n) is 5.24. The van der Waals surface area contributed by atoms with Crippen LogP contribution in [0.4, 0.5) is 16.3 Å². The Labute approximate surface area is 191 Å². The fraction of sp³-hybridized carbons (Fsp3) is 0.261. The molecule has 8 heteroatoms. The molecule has 0 atom stereocenters. The minimum atomic E-state index is -0.214. The van der Waals surface area contributed by atoms with Crippen molar-refractivity contribution in [1.82, 2.24) is 14.9 Å². The van der Waals surface area contributed by atoms with E-state index >= 15 is 0 Å². The van der Waals surface area contributed by atoms with Crippen LogP contribution in [0.3, 0.4) is 0 Å². The van der Waals surface area contributed by atoms with Crippen LogP contribution in [-0.2, 0) is 0 Å². The normalized spacial score (nSPS) is 13.9. The van der Waals surface area contributed by atoms with E-state index in [9.17, 15) is 4.79 Å². The number of hydrogen-bond acceptors (Lipinski definition) is 4. The summed E-state index contributed by atoms with van der Waals surface area (Å²) >= 11 is 12.3. The van der Waals surface area contributed by atoms with Gasteiger partial charge in [0, 0.05) is 43.5 Å². The third kappa shape index (κ3) is 4.92. The van der Waals surface area contributed by atoms with Gasteiger partial charge in [-0.15, -0.1) is 0 Å². The fourth-order valence-corrected chi connectivity index (χ4v) is 3.98. The number of aryl methyl sites for hydroxylation is 2. The maximum atomic E-state index is 12.7. The number of halogens is 2. The van der Waals surface area contributed by atoms with Crippen molar-refractivity contribution in [2.24, 2.45) is 0 Å². The standard InChI is InChI=1S/C23H23Cl2N5O/c1-15-6-8-17(9-7-15)22-26-16(2)14-20(27-22)29-10-12-30(13-11-29)23(31)28-21-18(24)4-3-5-19(21)25/h3-9,14H,10-13H2,1-2H3,(H,28,31). The van der Waals surface area contributed by atoms with Crippen LogP contribution in [-0.4, -0.2) is 47.1 Å². The highest BCUT2D eigenvalue weighted by molar-refractivity contribution is 6.39. The van der Waals surface area contributed by atoms with Crippen molar-refractivity contribution in [1.29, 1.82) is 0 Å². The monoisotopic (exact) mass is 455 g/mol. The molecule has 3 aromatic rings. The summed E-state index contributed by atoms with van der Waals surface area (Å²) in [6, 6.07) is 15.1. The Bertz CT molecular complexity index is 1080. The number of piperazine rings is 1. The van der Waals surface area contributed by atoms with Crippen LogP contribution < -0.4 is 10.2 Å². The Kier molecular flexibility index (Phi) is 6.30. The maximum absolute atomic E-state index is 12.7. The lowest BCUT2D eigenvalue weighted by atomic mass is 10.1. The van der Waals surface area contributed by atoms with Gasteiger partial charge in [0.15, 0.2) is 5.82 Å². The lowest BCUT2D eigenvalue weighted by Gasteiger charge is -2.35. The zero-order valence-electron chi connectivity index (χ0n) is 17.4. The van der Waals surface area contributed by atoms with Gasteiger partial charge in [0.1, 0.15) is 5.82 Å². The highest BCUT2D eigenvalue weighted by Crippen LogP contribution is 2.30. The number of carbonyl (C=O) groups is 1. The summed E-state index contributed by atoms with van der Waals surface area (Å²) in [7, 11) is 0. The first-order valence-electron chi connectivity index (χ1n) is 10.1. The second kappa shape index (κ2) is 9.12. The Balaban J connectivity index is 1.44. The zero-order chi connectivity index (χ0) is 22.0. The van der Waals surface area contributed by atoms with Crippen LogP contribution >= 0.6 is 23.2 Å². The van der Waals surface area contributed by atoms with Gasteiger partial charge in [-0.1, -0.05) is 59.1 Å². The summed E-state index contributed by atoms with van der Waals surface area (Å²) < 4.78 is 0. The minimum absolute atomic E-state index is 0.214. The molecule has 6 nitrogen and oxygen atoms in total. The number of benzene rings is 2. The van der Waals surface area contributed by atoms with Gasteiger partial charge in [-0.3, -0.25) is 0 Å². The molecule has 4 rings (SSSR count). The molecule has 2 heterocycles. The smallest absolute Gasteiger partial charge is 0.322 e. The van der Waals surface area contributed by atoms with E-state index < -0.39 is 0 Å². The van der Waals surface area contributed by atoms with Crippen molar-refractivity contribution in [2.45, 2.75) is 13.8 Å². The molecule has 0 bridgehead atoms. The molecule has 0 spiro atoms. The highest BCUT2D eigenvalue weighted by Gasteiger charge is 2.23. The first kappa shape index (κ1) is 21.4. The molecule has 1 saturated heterocycles. The molecule has 1 N–H and O–H groups in total. The largest absolute Gasteiger partial charge is 0.353 e. The van der Waals surface area contributed by atoms with Crippen molar-refractivity contribution in [3.63, 3.8) is 0 Å². The molecular weight excluding hydrogens is 433 g/mol. The van der Waals surface area contributed by atoms with Gasteiger partial charge in [-0.05, 0) is 26.0 Å². The Hall–Kier alpha value is -2.83. The number of carbonyl (C=O) groups excluding carboxylic acids is 1. The summed E-state index contributed by atoms with van der Waals surface area (Å²) in [5, 5.41) is 3.66. The molecule has 1 aromatic heterocycles. The topological polar surface area (TPSA) is 61.4 Å². The predicted molar refractivity (Wildman–Crippen MR) is 126 cm³/mol. The van der Waals surface area contributed by atoms with Gasteiger partial charge in [-0.25, -0.2) is 14.8 Å². The van der Waals surface area contributed by atoms with Crippen LogP contribution in [0.2, 0.25) is 10.0 Å². The van der Waals surface area contributed by atoms with Crippen molar-refractivity contribution < 1.29 is 4.79 Å². The molecular formula is C23H23Cl2N5O. The first-order chi connectivity index (χ1) is 14.9. The van der Waals surface area contributed by atoms with E-state index in [1.807, 2.05) is 25.1 Å². The average Bonchev–Trinajstić information content (AvgIpc) is 2.76. The van der Waals surface area contributed by atoms with E-state index in [4.69, 9.17) is 28.2 Å². The number of rotatable bonds is 3. The number of para-hydroxylation sites is 1. The van der Waals surface area contributed by atoms with E-state index in [0.717, 1.165) is 17.1 Å². The minimum Gasteiger partial charge on any atom is -0.353 e. The molecule has 0 unspecified atom stereocenters. The molecule has 0 saturated carbocycles. The van der Waals surface area contributed by atoms with Crippen LogP contribution in [0.15, 0.2) is 48.5 Å². The number of urea groups is 1. The summed E-state index contributed by atoms with van der Waals surface area (Å²) in [5.41, 5.74) is 3.54. The number of aromatic nitrogens is 2. The van der Waals surface area contributed by atoms with Gasteiger partial charge in [0.2, 0.25) is 0 Å². The van der Waals surface area contributed by atoms with E-state index in [0.29, 0.717) is 47.7 Å². The molecule has 31 heavy (non-hydrogen) atoms. The SMILES string of the molecule is Cc1ccc(-c2nc(C)cc(N3CCN(C(=O)Nc4c(Cl)cccc4Cl)CC3)n2)cc1. The fourth-order valence-electron chi connectivity index (χ4n) is 3.49. The van der Waals surface area contributed by atoms with Crippen molar-refractivity contribution >= 4 is 40.7 Å². The Morgan fingerprint density at radius 2 is 1.58 bits per heavy atom. The third-order valence-corrected chi connectivity index (χ3v) is 5.87. The van der Waals surface area contributed by atoms with E-state index in [1.54, 1.807) is 23.1 Å². The lowest BCUT2D eigenvalue weighted by Crippen LogP contribution is -2.50. The van der Waals surface area contributed by atoms with E-state index in [2.05, 4.69) is 34.3 Å². The average molecular weight is 456 g/mol. The molecule has 2 amide bonds. The highest BCUT2D eigenvalue weighted by atomic mass is 35.5. The summed E-state index contributed by atoms with van der Waals surface area (Å²) in [6.45, 7) is 6.51. The number of nitrogens with zero attached hydrogens (tertiary/aromatic N) is 4. The number of amides is 2. The summed E-state index contributed by atoms with van der Waals surface area (Å²) in [4.78, 5) is 26.0. The van der Waals surface area contributed by atoms with Crippen LogP contribution in [0.25, 0.3) is 11.4 Å². The molecule has 1 aliphatic rings. The molecule has 2 aromatic carbocycles. The Morgan fingerprint density at radius 3 is 2.23 bits per heavy atom. The van der Waals surface area contributed by atoms with Crippen molar-refractivity contribution in [3.05, 3.63) is 69.8 Å². The Morgan fingerprint density at radius 1 is 0.935 bits per heavy atom. The van der Waals surface area contributed by atoms with Crippen molar-refractivity contribution in [3.8, 4) is 11.4 Å². The predicted octanol–water partition coefficient (Wildman–Crippen LogP) is 5.42. The molecule has 0 radical (unpaired) electrons. The molecule has 1 fully saturated rings.